The van der Waals surface area contributed by atoms with Crippen molar-refractivity contribution in [3.05, 3.63) is 218 Å². The SMILES string of the molecule is c1ccc(N(c2cccc(-c3cccc4oc5c6ccccc6c(N(c6ccccc6)c6cccc7ccccc67)cc5c34)c2)c2cccc3ccccc23)cc1. The molecule has 0 N–H and O–H groups in total. The molecule has 3 heteroatoms. The highest BCUT2D eigenvalue weighted by atomic mass is 16.3. The summed E-state index contributed by atoms with van der Waals surface area (Å²) in [5.41, 5.74) is 10.6. The number of anilines is 6. The van der Waals surface area contributed by atoms with E-state index in [9.17, 15) is 0 Å². The van der Waals surface area contributed by atoms with Gasteiger partial charge >= 0.3 is 0 Å². The van der Waals surface area contributed by atoms with Crippen LogP contribution in [0.4, 0.5) is 34.1 Å². The van der Waals surface area contributed by atoms with Crippen molar-refractivity contribution in [2.24, 2.45) is 0 Å². The zero-order valence-electron chi connectivity index (χ0n) is 31.1. The van der Waals surface area contributed by atoms with E-state index in [0.717, 1.165) is 78.0 Å². The quantitative estimate of drug-likeness (QED) is 0.163. The van der Waals surface area contributed by atoms with E-state index in [1.807, 2.05) is 0 Å². The van der Waals surface area contributed by atoms with Crippen molar-refractivity contribution in [3.8, 4) is 11.1 Å². The van der Waals surface area contributed by atoms with Crippen LogP contribution in [0.15, 0.2) is 223 Å². The second-order valence-electron chi connectivity index (χ2n) is 14.5. The van der Waals surface area contributed by atoms with Gasteiger partial charge in [-0.2, -0.15) is 0 Å². The highest BCUT2D eigenvalue weighted by Gasteiger charge is 2.23. The molecular formula is C54H36N2O. The maximum atomic E-state index is 6.88. The highest BCUT2D eigenvalue weighted by Crippen LogP contribution is 2.48. The predicted octanol–water partition coefficient (Wildman–Crippen LogP) is 15.7. The lowest BCUT2D eigenvalue weighted by Crippen LogP contribution is -2.11. The zero-order valence-corrected chi connectivity index (χ0v) is 31.1. The fourth-order valence-corrected chi connectivity index (χ4v) is 8.66. The molecule has 3 nitrogen and oxygen atoms in total. The van der Waals surface area contributed by atoms with E-state index in [-0.39, 0.29) is 0 Å². The van der Waals surface area contributed by atoms with Gasteiger partial charge in [-0.05, 0) is 82.6 Å². The summed E-state index contributed by atoms with van der Waals surface area (Å²) in [6, 6.07) is 78.1. The molecule has 0 aliphatic rings. The number of nitrogens with zero attached hydrogens (tertiary/aromatic N) is 2. The molecular weight excluding hydrogens is 693 g/mol. The molecule has 0 spiro atoms. The number of benzene rings is 10. The molecule has 0 unspecified atom stereocenters. The Hall–Kier alpha value is -7.62. The summed E-state index contributed by atoms with van der Waals surface area (Å²) in [6.45, 7) is 0. The van der Waals surface area contributed by atoms with Gasteiger partial charge < -0.3 is 14.2 Å². The number of rotatable bonds is 7. The fraction of sp³-hybridized carbons (Fsp3) is 0. The van der Waals surface area contributed by atoms with Crippen LogP contribution in [-0.2, 0) is 0 Å². The molecule has 0 fully saturated rings. The van der Waals surface area contributed by atoms with Crippen molar-refractivity contribution in [2.45, 2.75) is 0 Å². The van der Waals surface area contributed by atoms with Crippen molar-refractivity contribution in [1.82, 2.24) is 0 Å². The van der Waals surface area contributed by atoms with E-state index in [4.69, 9.17) is 4.42 Å². The van der Waals surface area contributed by atoms with Crippen LogP contribution >= 0.6 is 0 Å². The molecule has 0 bridgehead atoms. The lowest BCUT2D eigenvalue weighted by Gasteiger charge is -2.28. The van der Waals surface area contributed by atoms with Gasteiger partial charge in [0.05, 0.1) is 17.1 Å². The molecule has 11 aromatic rings. The summed E-state index contributed by atoms with van der Waals surface area (Å²) in [7, 11) is 0. The van der Waals surface area contributed by atoms with Gasteiger partial charge in [-0.3, -0.25) is 0 Å². The zero-order chi connectivity index (χ0) is 37.7. The number of para-hydroxylation sites is 2. The van der Waals surface area contributed by atoms with Gasteiger partial charge in [0.2, 0.25) is 0 Å². The first kappa shape index (κ1) is 32.8. The molecule has 10 aromatic carbocycles. The Morgan fingerprint density at radius 1 is 0.316 bits per heavy atom. The number of fused-ring (bicyclic) bond motifs is 7. The molecule has 1 heterocycles. The molecule has 11 rings (SSSR count). The summed E-state index contributed by atoms with van der Waals surface area (Å²) in [4.78, 5) is 4.78. The van der Waals surface area contributed by atoms with Crippen LogP contribution in [0, 0.1) is 0 Å². The third-order valence-electron chi connectivity index (χ3n) is 11.2. The van der Waals surface area contributed by atoms with Gasteiger partial charge in [-0.25, -0.2) is 0 Å². The summed E-state index contributed by atoms with van der Waals surface area (Å²) in [6.07, 6.45) is 0. The molecule has 1 aromatic heterocycles. The Morgan fingerprint density at radius 3 is 1.51 bits per heavy atom. The Morgan fingerprint density at radius 2 is 0.825 bits per heavy atom. The lowest BCUT2D eigenvalue weighted by molar-refractivity contribution is 0.673. The molecule has 0 atom stereocenters. The van der Waals surface area contributed by atoms with Crippen LogP contribution in [0.2, 0.25) is 0 Å². The normalized spacial score (nSPS) is 11.5. The van der Waals surface area contributed by atoms with Crippen LogP contribution in [-0.4, -0.2) is 0 Å². The van der Waals surface area contributed by atoms with Crippen LogP contribution < -0.4 is 9.80 Å². The molecule has 0 aliphatic carbocycles. The van der Waals surface area contributed by atoms with E-state index in [2.05, 4.69) is 228 Å². The summed E-state index contributed by atoms with van der Waals surface area (Å²) in [5.74, 6) is 0. The molecule has 0 saturated heterocycles. The largest absolute Gasteiger partial charge is 0.455 e. The minimum atomic E-state index is 0.862. The molecule has 0 aliphatic heterocycles. The third kappa shape index (κ3) is 5.51. The van der Waals surface area contributed by atoms with Gasteiger partial charge in [0.25, 0.3) is 0 Å². The number of hydrogen-bond donors (Lipinski definition) is 0. The first-order valence-corrected chi connectivity index (χ1v) is 19.4. The van der Waals surface area contributed by atoms with E-state index >= 15 is 0 Å². The lowest BCUT2D eigenvalue weighted by atomic mass is 9.96. The maximum absolute atomic E-state index is 6.88. The Bertz CT molecular complexity index is 3250. The van der Waals surface area contributed by atoms with Gasteiger partial charge in [0.15, 0.2) is 0 Å². The summed E-state index contributed by atoms with van der Waals surface area (Å²) in [5, 5.41) is 9.17. The van der Waals surface area contributed by atoms with E-state index < -0.39 is 0 Å². The van der Waals surface area contributed by atoms with Crippen LogP contribution in [0.25, 0.3) is 65.4 Å². The molecule has 57 heavy (non-hydrogen) atoms. The van der Waals surface area contributed by atoms with Crippen molar-refractivity contribution >= 4 is 88.4 Å². The van der Waals surface area contributed by atoms with E-state index in [0.29, 0.717) is 0 Å². The van der Waals surface area contributed by atoms with Gasteiger partial charge in [-0.1, -0.05) is 158 Å². The molecule has 0 amide bonds. The molecule has 0 radical (unpaired) electrons. The smallest absolute Gasteiger partial charge is 0.143 e. The minimum Gasteiger partial charge on any atom is -0.455 e. The monoisotopic (exact) mass is 728 g/mol. The van der Waals surface area contributed by atoms with Crippen molar-refractivity contribution in [1.29, 1.82) is 0 Å². The number of hydrogen-bond acceptors (Lipinski definition) is 3. The maximum Gasteiger partial charge on any atom is 0.143 e. The van der Waals surface area contributed by atoms with E-state index in [1.54, 1.807) is 0 Å². The standard InChI is InChI=1S/C54H36N2O/c1-3-22-40(23-4-1)55(49-32-14-19-37-17-7-9-27-43(37)49)42-26-13-21-39(35-42)45-31-16-34-52-53(45)48-36-51(46-29-11-12-30-47(46)54(48)57-52)56(41-24-5-2-6-25-41)50-33-15-20-38-18-8-10-28-44(38)50/h1-36H. The minimum absolute atomic E-state index is 0.862. The van der Waals surface area contributed by atoms with Crippen molar-refractivity contribution < 1.29 is 4.42 Å². The average Bonchev–Trinajstić information content (AvgIpc) is 3.67. The van der Waals surface area contributed by atoms with Crippen LogP contribution in [0.3, 0.4) is 0 Å². The van der Waals surface area contributed by atoms with Gasteiger partial charge in [0, 0.05) is 49.4 Å². The van der Waals surface area contributed by atoms with Gasteiger partial charge in [0.1, 0.15) is 11.2 Å². The number of furan rings is 1. The summed E-state index contributed by atoms with van der Waals surface area (Å²) >= 11 is 0. The highest BCUT2D eigenvalue weighted by molar-refractivity contribution is 6.23. The Labute approximate surface area is 330 Å². The van der Waals surface area contributed by atoms with Crippen LogP contribution in [0.1, 0.15) is 0 Å². The first-order chi connectivity index (χ1) is 28.3. The van der Waals surface area contributed by atoms with Crippen molar-refractivity contribution in [2.75, 3.05) is 9.80 Å². The molecule has 268 valence electrons. The topological polar surface area (TPSA) is 19.6 Å². The molecule has 0 saturated carbocycles. The second kappa shape index (κ2) is 13.6. The fourth-order valence-electron chi connectivity index (χ4n) is 8.66. The van der Waals surface area contributed by atoms with Gasteiger partial charge in [-0.15, -0.1) is 0 Å². The summed E-state index contributed by atoms with van der Waals surface area (Å²) < 4.78 is 6.88. The predicted molar refractivity (Wildman–Crippen MR) is 241 cm³/mol. The first-order valence-electron chi connectivity index (χ1n) is 19.4. The van der Waals surface area contributed by atoms with Crippen LogP contribution in [0.5, 0.6) is 0 Å². The Balaban J connectivity index is 1.16. The van der Waals surface area contributed by atoms with Crippen molar-refractivity contribution in [3.63, 3.8) is 0 Å². The average molecular weight is 729 g/mol. The van der Waals surface area contributed by atoms with E-state index in [1.165, 1.54) is 21.5 Å². The third-order valence-corrected chi connectivity index (χ3v) is 11.2. The Kier molecular flexibility index (Phi) is 7.82. The second-order valence-corrected chi connectivity index (χ2v) is 14.5.